The second-order valence-corrected chi connectivity index (χ2v) is 7.10. The van der Waals surface area contributed by atoms with Crippen LogP contribution >= 0.6 is 0 Å². The van der Waals surface area contributed by atoms with Crippen molar-refractivity contribution >= 4 is 11.7 Å². The molecule has 1 N–H and O–H groups in total. The molecule has 0 spiro atoms. The summed E-state index contributed by atoms with van der Waals surface area (Å²) >= 11 is 0. The van der Waals surface area contributed by atoms with Crippen molar-refractivity contribution in [1.82, 2.24) is 10.2 Å². The summed E-state index contributed by atoms with van der Waals surface area (Å²) in [5.41, 5.74) is 2.39. The van der Waals surface area contributed by atoms with Crippen molar-refractivity contribution in [3.05, 3.63) is 59.4 Å². The molecule has 5 heteroatoms. The Hall–Kier alpha value is -2.53. The minimum absolute atomic E-state index is 0.0405. The number of rotatable bonds is 3. The summed E-state index contributed by atoms with van der Waals surface area (Å²) < 4.78 is 13.7. The number of fused-ring (bicyclic) bond motifs is 1. The topological polar surface area (TPSA) is 49.4 Å². The molecule has 0 unspecified atom stereocenters. The lowest BCUT2D eigenvalue weighted by molar-refractivity contribution is 0.0737. The van der Waals surface area contributed by atoms with Gasteiger partial charge in [0.25, 0.3) is 5.91 Å². The van der Waals surface area contributed by atoms with Crippen LogP contribution in [0.2, 0.25) is 0 Å². The number of likely N-dealkylation sites (tertiary alicyclic amines) is 1. The Morgan fingerprint density at radius 1 is 1.12 bits per heavy atom. The maximum absolute atomic E-state index is 13.7. The van der Waals surface area contributed by atoms with Crippen LogP contribution in [0.25, 0.3) is 11.1 Å². The van der Waals surface area contributed by atoms with Crippen LogP contribution in [0.3, 0.4) is 0 Å². The maximum atomic E-state index is 13.7. The molecule has 2 aliphatic heterocycles. The average molecular weight is 352 g/mol. The number of hydrogen-bond donors (Lipinski definition) is 1. The van der Waals surface area contributed by atoms with Gasteiger partial charge in [0, 0.05) is 36.8 Å². The van der Waals surface area contributed by atoms with Gasteiger partial charge in [-0.2, -0.15) is 0 Å². The van der Waals surface area contributed by atoms with Crippen LogP contribution in [0.4, 0.5) is 4.39 Å². The molecule has 2 heterocycles. The smallest absolute Gasteiger partial charge is 0.254 e. The number of halogens is 1. The summed E-state index contributed by atoms with van der Waals surface area (Å²) in [5, 5.41) is 3.35. The lowest BCUT2D eigenvalue weighted by Gasteiger charge is -2.23. The van der Waals surface area contributed by atoms with E-state index in [9.17, 15) is 14.0 Å². The van der Waals surface area contributed by atoms with E-state index in [1.165, 1.54) is 25.1 Å². The molecule has 2 fully saturated rings. The van der Waals surface area contributed by atoms with Crippen LogP contribution in [0.1, 0.15) is 34.1 Å². The zero-order valence-corrected chi connectivity index (χ0v) is 14.7. The first kappa shape index (κ1) is 16.9. The Bertz CT molecular complexity index is 863. The molecule has 0 saturated carbocycles. The third-order valence-electron chi connectivity index (χ3n) is 5.51. The monoisotopic (exact) mass is 352 g/mol. The normalized spacial score (nSPS) is 21.7. The molecule has 2 aromatic carbocycles. The van der Waals surface area contributed by atoms with Gasteiger partial charge in [0.2, 0.25) is 0 Å². The molecule has 2 aliphatic rings. The SMILES string of the molecule is CC(=O)c1ccc(F)cc1-c1ccc(C(=O)N2CC[C@H]3CNC[C@H]32)cc1. The van der Waals surface area contributed by atoms with Gasteiger partial charge in [-0.15, -0.1) is 0 Å². The number of nitrogens with one attached hydrogen (secondary N) is 1. The van der Waals surface area contributed by atoms with Crippen LogP contribution in [0, 0.1) is 11.7 Å². The Balaban J connectivity index is 1.61. The highest BCUT2D eigenvalue weighted by Gasteiger charge is 2.40. The highest BCUT2D eigenvalue weighted by molar-refractivity contribution is 6.01. The second kappa shape index (κ2) is 6.65. The second-order valence-electron chi connectivity index (χ2n) is 7.10. The molecule has 0 aliphatic carbocycles. The van der Waals surface area contributed by atoms with E-state index in [4.69, 9.17) is 0 Å². The fourth-order valence-corrected chi connectivity index (χ4v) is 4.12. The van der Waals surface area contributed by atoms with Crippen molar-refractivity contribution in [2.75, 3.05) is 19.6 Å². The Labute approximate surface area is 152 Å². The molecule has 134 valence electrons. The summed E-state index contributed by atoms with van der Waals surface area (Å²) in [6, 6.07) is 11.5. The van der Waals surface area contributed by atoms with Gasteiger partial charge < -0.3 is 10.2 Å². The van der Waals surface area contributed by atoms with E-state index in [2.05, 4.69) is 5.32 Å². The Morgan fingerprint density at radius 3 is 2.62 bits per heavy atom. The Kier molecular flexibility index (Phi) is 4.32. The molecule has 26 heavy (non-hydrogen) atoms. The summed E-state index contributed by atoms with van der Waals surface area (Å²) in [6.07, 6.45) is 1.05. The van der Waals surface area contributed by atoms with Crippen LogP contribution in [-0.4, -0.2) is 42.3 Å². The van der Waals surface area contributed by atoms with Crippen molar-refractivity contribution in [3.8, 4) is 11.1 Å². The predicted octanol–water partition coefficient (Wildman–Crippen LogP) is 3.13. The van der Waals surface area contributed by atoms with Crippen molar-refractivity contribution in [2.45, 2.75) is 19.4 Å². The Morgan fingerprint density at radius 2 is 1.88 bits per heavy atom. The van der Waals surface area contributed by atoms with Crippen LogP contribution < -0.4 is 5.32 Å². The minimum atomic E-state index is -0.387. The third kappa shape index (κ3) is 2.92. The fourth-order valence-electron chi connectivity index (χ4n) is 4.12. The standard InChI is InChI=1S/C21H21FN2O2/c1-13(25)18-7-6-17(22)10-19(18)14-2-4-15(5-3-14)21(26)24-9-8-16-11-23-12-20(16)24/h2-7,10,16,20,23H,8-9,11-12H2,1H3/t16-,20+/m0/s1. The van der Waals surface area contributed by atoms with Gasteiger partial charge in [0.1, 0.15) is 5.82 Å². The summed E-state index contributed by atoms with van der Waals surface area (Å²) in [5.74, 6) is 0.0985. The predicted molar refractivity (Wildman–Crippen MR) is 97.6 cm³/mol. The van der Waals surface area contributed by atoms with Gasteiger partial charge in [-0.05, 0) is 60.7 Å². The van der Waals surface area contributed by atoms with Crippen LogP contribution in [0.5, 0.6) is 0 Å². The first-order valence-corrected chi connectivity index (χ1v) is 8.97. The fraction of sp³-hybridized carbons (Fsp3) is 0.333. The highest BCUT2D eigenvalue weighted by atomic mass is 19.1. The van der Waals surface area contributed by atoms with E-state index in [1.807, 2.05) is 4.90 Å². The molecular weight excluding hydrogens is 331 g/mol. The maximum Gasteiger partial charge on any atom is 0.254 e. The summed E-state index contributed by atoms with van der Waals surface area (Å²) in [4.78, 5) is 26.6. The van der Waals surface area contributed by atoms with Gasteiger partial charge in [-0.1, -0.05) is 12.1 Å². The number of benzene rings is 2. The van der Waals surface area contributed by atoms with E-state index in [1.54, 1.807) is 24.3 Å². The third-order valence-corrected chi connectivity index (χ3v) is 5.51. The van der Waals surface area contributed by atoms with Gasteiger partial charge >= 0.3 is 0 Å². The van der Waals surface area contributed by atoms with Crippen molar-refractivity contribution in [2.24, 2.45) is 5.92 Å². The van der Waals surface area contributed by atoms with E-state index >= 15 is 0 Å². The number of hydrogen-bond acceptors (Lipinski definition) is 3. The number of nitrogens with zero attached hydrogens (tertiary/aromatic N) is 1. The molecule has 0 aromatic heterocycles. The zero-order valence-electron chi connectivity index (χ0n) is 14.7. The molecule has 1 amide bonds. The minimum Gasteiger partial charge on any atom is -0.334 e. The van der Waals surface area contributed by atoms with Crippen LogP contribution in [-0.2, 0) is 0 Å². The van der Waals surface area contributed by atoms with E-state index in [0.717, 1.165) is 31.6 Å². The molecule has 2 aromatic rings. The first-order chi connectivity index (χ1) is 12.5. The number of ketones is 1. The van der Waals surface area contributed by atoms with E-state index < -0.39 is 0 Å². The largest absolute Gasteiger partial charge is 0.334 e. The summed E-state index contributed by atoms with van der Waals surface area (Å²) in [6.45, 7) is 4.12. The molecular formula is C21H21FN2O2. The first-order valence-electron chi connectivity index (χ1n) is 8.97. The van der Waals surface area contributed by atoms with Crippen LogP contribution in [0.15, 0.2) is 42.5 Å². The molecule has 4 nitrogen and oxygen atoms in total. The number of carbonyl (C=O) groups is 2. The molecule has 0 bridgehead atoms. The lowest BCUT2D eigenvalue weighted by atomic mass is 9.96. The zero-order chi connectivity index (χ0) is 18.3. The number of carbonyl (C=O) groups excluding carboxylic acids is 2. The highest BCUT2D eigenvalue weighted by Crippen LogP contribution is 2.30. The van der Waals surface area contributed by atoms with Crippen molar-refractivity contribution < 1.29 is 14.0 Å². The number of amides is 1. The van der Waals surface area contributed by atoms with Crippen molar-refractivity contribution in [3.63, 3.8) is 0 Å². The molecule has 0 radical (unpaired) electrons. The van der Waals surface area contributed by atoms with E-state index in [-0.39, 0.29) is 23.5 Å². The quantitative estimate of drug-likeness (QED) is 0.864. The molecule has 4 rings (SSSR count). The summed E-state index contributed by atoms with van der Waals surface area (Å²) in [7, 11) is 0. The van der Waals surface area contributed by atoms with E-state index in [0.29, 0.717) is 22.6 Å². The molecule has 2 saturated heterocycles. The molecule has 2 atom stereocenters. The average Bonchev–Trinajstić information content (AvgIpc) is 3.24. The lowest BCUT2D eigenvalue weighted by Crippen LogP contribution is -2.39. The van der Waals surface area contributed by atoms with Gasteiger partial charge in [0.05, 0.1) is 0 Å². The number of Topliss-reactive ketones (excluding diaryl/α,β-unsaturated/α-hetero) is 1. The van der Waals surface area contributed by atoms with Gasteiger partial charge in [-0.25, -0.2) is 4.39 Å². The van der Waals surface area contributed by atoms with Crippen molar-refractivity contribution in [1.29, 1.82) is 0 Å². The van der Waals surface area contributed by atoms with Gasteiger partial charge in [0.15, 0.2) is 5.78 Å². The van der Waals surface area contributed by atoms with Gasteiger partial charge in [-0.3, -0.25) is 9.59 Å².